The van der Waals surface area contributed by atoms with Crippen LogP contribution < -0.4 is 0 Å². The van der Waals surface area contributed by atoms with Gasteiger partial charge in [0, 0.05) is 12.8 Å². The maximum atomic E-state index is 12.9. The minimum absolute atomic E-state index is 0.0329. The molecule has 0 rings (SSSR count). The van der Waals surface area contributed by atoms with E-state index in [1.165, 1.54) is 283 Å². The van der Waals surface area contributed by atoms with E-state index in [2.05, 4.69) is 98.9 Å². The van der Waals surface area contributed by atoms with Crippen LogP contribution in [0.2, 0.25) is 0 Å². The normalized spacial score (nSPS) is 13.5. The molecule has 0 amide bonds. The first-order valence-electron chi connectivity index (χ1n) is 40.3. The van der Waals surface area contributed by atoms with Gasteiger partial charge < -0.3 is 18.9 Å². The number of unbranched alkanes of at least 4 members (excludes halogenated alkanes) is 47. The van der Waals surface area contributed by atoms with Crippen LogP contribution in [-0.4, -0.2) is 74.9 Å². The van der Waals surface area contributed by atoms with Crippen LogP contribution in [0.15, 0.2) is 85.1 Å². The van der Waals surface area contributed by atoms with Crippen molar-refractivity contribution in [2.24, 2.45) is 0 Å². The lowest BCUT2D eigenvalue weighted by atomic mass is 10.0. The first-order valence-corrected chi connectivity index (χ1v) is 41.8. The molecule has 0 heterocycles. The van der Waals surface area contributed by atoms with Crippen LogP contribution in [0.3, 0.4) is 0 Å². The number of carbonyl (C=O) groups is 2. The quantitative estimate of drug-likeness (QED) is 0.0211. The Balaban J connectivity index is 3.92. The number of phosphoric ester groups is 1. The number of quaternary nitrogens is 1. The molecule has 10 heteroatoms. The molecular weight excluding hydrogens is 1180 g/mol. The number of esters is 2. The van der Waals surface area contributed by atoms with E-state index in [4.69, 9.17) is 18.5 Å². The predicted octanol–water partition coefficient (Wildman–Crippen LogP) is 26.8. The molecule has 94 heavy (non-hydrogen) atoms. The molecule has 0 fully saturated rings. The van der Waals surface area contributed by atoms with E-state index in [0.717, 1.165) is 70.6 Å². The van der Waals surface area contributed by atoms with Gasteiger partial charge in [0.25, 0.3) is 0 Å². The van der Waals surface area contributed by atoms with Gasteiger partial charge in [-0.25, -0.2) is 4.57 Å². The fourth-order valence-electron chi connectivity index (χ4n) is 11.8. The number of hydrogen-bond acceptors (Lipinski definition) is 7. The van der Waals surface area contributed by atoms with Gasteiger partial charge in [-0.2, -0.15) is 0 Å². The number of phosphoric acid groups is 1. The maximum absolute atomic E-state index is 12.9. The second-order valence-corrected chi connectivity index (χ2v) is 29.9. The first-order chi connectivity index (χ1) is 46.0. The monoisotopic (exact) mass is 1340 g/mol. The molecule has 0 saturated carbocycles. The third-order valence-electron chi connectivity index (χ3n) is 17.9. The molecule has 548 valence electrons. The molecule has 2 unspecified atom stereocenters. The van der Waals surface area contributed by atoms with Crippen LogP contribution in [0.25, 0.3) is 0 Å². The zero-order chi connectivity index (χ0) is 68.3. The zero-order valence-electron chi connectivity index (χ0n) is 62.7. The van der Waals surface area contributed by atoms with Gasteiger partial charge in [0.05, 0.1) is 27.7 Å². The van der Waals surface area contributed by atoms with Gasteiger partial charge in [-0.15, -0.1) is 0 Å². The van der Waals surface area contributed by atoms with E-state index < -0.39 is 26.5 Å². The largest absolute Gasteiger partial charge is 0.472 e. The number of rotatable bonds is 75. The van der Waals surface area contributed by atoms with E-state index in [1.807, 2.05) is 21.1 Å². The summed E-state index contributed by atoms with van der Waals surface area (Å²) in [6.07, 6.45) is 103. The Morgan fingerprint density at radius 1 is 0.340 bits per heavy atom. The SMILES string of the molecule is CC/C=C\C/C=C\C/C=C\C/C=C\C/C=C\CCCCCCCCCCCCCCCCCCCCCCCCCC(=O)OC(COC(=O)CCCCCCCCCCCCCCCCCCCCC/C=C\C/C=C\CCCCCCC)COP(=O)(O)OCC[N+](C)(C)C. The summed E-state index contributed by atoms with van der Waals surface area (Å²) < 4.78 is 34.8. The predicted molar refractivity (Wildman–Crippen MR) is 409 cm³/mol. The van der Waals surface area contributed by atoms with Crippen molar-refractivity contribution in [3.05, 3.63) is 85.1 Å². The number of ether oxygens (including phenoxy) is 2. The smallest absolute Gasteiger partial charge is 0.462 e. The van der Waals surface area contributed by atoms with E-state index >= 15 is 0 Å². The molecule has 0 spiro atoms. The molecule has 0 aliphatic carbocycles. The van der Waals surface area contributed by atoms with Crippen LogP contribution in [-0.2, 0) is 32.7 Å². The van der Waals surface area contributed by atoms with Crippen molar-refractivity contribution in [3.8, 4) is 0 Å². The number of nitrogens with zero attached hydrogens (tertiary/aromatic N) is 1. The summed E-state index contributed by atoms with van der Waals surface area (Å²) >= 11 is 0. The van der Waals surface area contributed by atoms with Gasteiger partial charge in [-0.1, -0.05) is 369 Å². The highest BCUT2D eigenvalue weighted by Gasteiger charge is 2.27. The van der Waals surface area contributed by atoms with Gasteiger partial charge in [-0.3, -0.25) is 18.6 Å². The molecule has 0 aromatic heterocycles. The molecule has 0 saturated heterocycles. The average molecular weight is 1340 g/mol. The number of hydrogen-bond donors (Lipinski definition) is 1. The molecule has 0 aliphatic heterocycles. The highest BCUT2D eigenvalue weighted by atomic mass is 31.2. The van der Waals surface area contributed by atoms with Crippen molar-refractivity contribution in [1.82, 2.24) is 0 Å². The Kier molecular flexibility index (Phi) is 72.2. The molecule has 0 bridgehead atoms. The standard InChI is InChI=1S/C84H154NO8P/c1-6-8-10-12-14-16-18-20-22-24-26-28-30-32-34-36-38-39-40-41-42-43-44-45-47-49-51-53-55-57-59-61-63-65-67-69-71-73-75-77-84(87)93-82(81-92-94(88,89)91-79-78-85(3,4)5)80-90-83(86)76-74-72-70-68-66-64-62-60-58-56-54-52-50-48-46-37-35-33-31-29-27-25-23-21-19-17-15-13-11-9-7-2/h8,10,14,16,19-22,25-28,32,34,82H,6-7,9,11-13,15,17-18,23-24,29-31,33,35-81H2,1-5H3/p+1/b10-8-,16-14-,21-19-,22-20-,27-25-,28-26-,34-32-. The first kappa shape index (κ1) is 91.2. The Hall–Kier alpha value is -2.81. The second-order valence-electron chi connectivity index (χ2n) is 28.4. The van der Waals surface area contributed by atoms with Crippen molar-refractivity contribution in [1.29, 1.82) is 0 Å². The number of likely N-dealkylation sites (N-methyl/N-ethyl adjacent to an activating group) is 1. The highest BCUT2D eigenvalue weighted by Crippen LogP contribution is 2.43. The summed E-state index contributed by atoms with van der Waals surface area (Å²) in [4.78, 5) is 36.0. The summed E-state index contributed by atoms with van der Waals surface area (Å²) in [5.74, 6) is -0.777. The zero-order valence-corrected chi connectivity index (χ0v) is 63.6. The molecule has 0 aromatic rings. The molecule has 0 aromatic carbocycles. The van der Waals surface area contributed by atoms with E-state index in [-0.39, 0.29) is 25.6 Å². The van der Waals surface area contributed by atoms with E-state index in [1.54, 1.807) is 0 Å². The van der Waals surface area contributed by atoms with Crippen LogP contribution in [0.1, 0.15) is 386 Å². The Morgan fingerprint density at radius 2 is 0.606 bits per heavy atom. The molecule has 0 radical (unpaired) electrons. The highest BCUT2D eigenvalue weighted by molar-refractivity contribution is 7.47. The third kappa shape index (κ3) is 78.2. The van der Waals surface area contributed by atoms with Crippen LogP contribution in [0.4, 0.5) is 0 Å². The summed E-state index contributed by atoms with van der Waals surface area (Å²) in [5.41, 5.74) is 0. The fourth-order valence-corrected chi connectivity index (χ4v) is 12.5. The van der Waals surface area contributed by atoms with Gasteiger partial charge >= 0.3 is 19.8 Å². The lowest BCUT2D eigenvalue weighted by Gasteiger charge is -2.24. The average Bonchev–Trinajstić information content (AvgIpc) is 1.56. The number of carbonyl (C=O) groups excluding carboxylic acids is 2. The van der Waals surface area contributed by atoms with Crippen LogP contribution >= 0.6 is 7.82 Å². The van der Waals surface area contributed by atoms with E-state index in [0.29, 0.717) is 23.9 Å². The summed E-state index contributed by atoms with van der Waals surface area (Å²) in [6, 6.07) is 0. The van der Waals surface area contributed by atoms with Crippen molar-refractivity contribution in [2.75, 3.05) is 47.5 Å². The van der Waals surface area contributed by atoms with Gasteiger partial charge in [0.2, 0.25) is 0 Å². The van der Waals surface area contributed by atoms with Crippen molar-refractivity contribution in [2.45, 2.75) is 392 Å². The van der Waals surface area contributed by atoms with Gasteiger partial charge in [-0.05, 0) is 89.9 Å². The van der Waals surface area contributed by atoms with Gasteiger partial charge in [0.15, 0.2) is 6.10 Å². The van der Waals surface area contributed by atoms with Crippen molar-refractivity contribution < 1.29 is 42.1 Å². The summed E-state index contributed by atoms with van der Waals surface area (Å²) in [6.45, 7) is 4.37. The third-order valence-corrected chi connectivity index (χ3v) is 18.9. The van der Waals surface area contributed by atoms with Gasteiger partial charge in [0.1, 0.15) is 19.8 Å². The second kappa shape index (κ2) is 74.4. The van der Waals surface area contributed by atoms with Crippen molar-refractivity contribution >= 4 is 19.8 Å². The maximum Gasteiger partial charge on any atom is 0.472 e. The Bertz CT molecular complexity index is 1860. The van der Waals surface area contributed by atoms with E-state index in [9.17, 15) is 19.0 Å². The van der Waals surface area contributed by atoms with Crippen LogP contribution in [0.5, 0.6) is 0 Å². The summed E-state index contributed by atoms with van der Waals surface area (Å²) in [7, 11) is 1.49. The molecule has 9 nitrogen and oxygen atoms in total. The number of allylic oxidation sites excluding steroid dienone is 14. The topological polar surface area (TPSA) is 108 Å². The van der Waals surface area contributed by atoms with Crippen molar-refractivity contribution in [3.63, 3.8) is 0 Å². The minimum Gasteiger partial charge on any atom is -0.462 e. The molecule has 2 atom stereocenters. The fraction of sp³-hybridized carbons (Fsp3) is 0.810. The van der Waals surface area contributed by atoms with Crippen LogP contribution in [0, 0.1) is 0 Å². The Morgan fingerprint density at radius 3 is 0.904 bits per heavy atom. The minimum atomic E-state index is -4.40. The lowest BCUT2D eigenvalue weighted by Crippen LogP contribution is -2.37. The lowest BCUT2D eigenvalue weighted by molar-refractivity contribution is -0.870. The molecular formula is C84H155NO8P+. The molecule has 0 aliphatic rings. The Labute approximate surface area is 583 Å². The summed E-state index contributed by atoms with van der Waals surface area (Å²) in [5, 5.41) is 0. The molecule has 1 N–H and O–H groups in total.